The number of nitrogens with zero attached hydrogens (tertiary/aromatic N) is 2. The lowest BCUT2D eigenvalue weighted by atomic mass is 10.2. The maximum atomic E-state index is 11.3. The first-order valence-electron chi connectivity index (χ1n) is 9.13. The summed E-state index contributed by atoms with van der Waals surface area (Å²) in [7, 11) is 0. The fraction of sp³-hybridized carbons (Fsp3) is 0.143. The highest BCUT2D eigenvalue weighted by atomic mass is 16.6. The van der Waals surface area contributed by atoms with Crippen molar-refractivity contribution in [1.29, 1.82) is 0 Å². The third kappa shape index (κ3) is 5.02. The molecule has 3 aromatic rings. The van der Waals surface area contributed by atoms with Gasteiger partial charge in [-0.2, -0.15) is 0 Å². The van der Waals surface area contributed by atoms with Crippen LogP contribution in [0.3, 0.4) is 0 Å². The summed E-state index contributed by atoms with van der Waals surface area (Å²) in [4.78, 5) is 20.8. The SMILES string of the molecule is CCOc1ccc(NCc2ccccc2Oc2ccc([N+](=O)[O-])cc2[N+](=O)[O-])cc1. The van der Waals surface area contributed by atoms with E-state index in [-0.39, 0.29) is 11.4 Å². The quantitative estimate of drug-likeness (QED) is 0.376. The third-order valence-corrected chi connectivity index (χ3v) is 4.19. The largest absolute Gasteiger partial charge is 0.494 e. The lowest BCUT2D eigenvalue weighted by molar-refractivity contribution is -0.394. The van der Waals surface area contributed by atoms with E-state index < -0.39 is 15.5 Å². The molecule has 0 heterocycles. The van der Waals surface area contributed by atoms with Crippen molar-refractivity contribution >= 4 is 17.1 Å². The van der Waals surface area contributed by atoms with Crippen LogP contribution in [0.2, 0.25) is 0 Å². The first kappa shape index (κ1) is 20.6. The molecule has 0 bridgehead atoms. The van der Waals surface area contributed by atoms with E-state index in [1.165, 1.54) is 12.1 Å². The van der Waals surface area contributed by atoms with E-state index >= 15 is 0 Å². The van der Waals surface area contributed by atoms with Crippen molar-refractivity contribution in [3.63, 3.8) is 0 Å². The monoisotopic (exact) mass is 409 g/mol. The Morgan fingerprint density at radius 1 is 0.900 bits per heavy atom. The Labute approximate surface area is 172 Å². The van der Waals surface area contributed by atoms with Gasteiger partial charge in [0.25, 0.3) is 5.69 Å². The van der Waals surface area contributed by atoms with Gasteiger partial charge in [0.15, 0.2) is 0 Å². The normalized spacial score (nSPS) is 10.3. The maximum Gasteiger partial charge on any atom is 0.318 e. The minimum absolute atomic E-state index is 0.0703. The lowest BCUT2D eigenvalue weighted by Crippen LogP contribution is -2.02. The topological polar surface area (TPSA) is 117 Å². The highest BCUT2D eigenvalue weighted by Crippen LogP contribution is 2.35. The van der Waals surface area contributed by atoms with Crippen LogP contribution < -0.4 is 14.8 Å². The number of benzene rings is 3. The Hall–Kier alpha value is -4.14. The average molecular weight is 409 g/mol. The minimum atomic E-state index is -0.705. The van der Waals surface area contributed by atoms with Crippen LogP contribution in [0, 0.1) is 20.2 Å². The Morgan fingerprint density at radius 2 is 1.63 bits per heavy atom. The number of non-ortho nitro benzene ring substituents is 1. The van der Waals surface area contributed by atoms with Crippen molar-refractivity contribution in [2.75, 3.05) is 11.9 Å². The van der Waals surface area contributed by atoms with Crippen LogP contribution in [-0.2, 0) is 6.54 Å². The number of ether oxygens (including phenoxy) is 2. The second-order valence-corrected chi connectivity index (χ2v) is 6.19. The zero-order valence-corrected chi connectivity index (χ0v) is 16.1. The van der Waals surface area contributed by atoms with Crippen LogP contribution in [0.5, 0.6) is 17.2 Å². The smallest absolute Gasteiger partial charge is 0.318 e. The number of para-hydroxylation sites is 1. The van der Waals surface area contributed by atoms with Crippen molar-refractivity contribution in [2.45, 2.75) is 13.5 Å². The first-order chi connectivity index (χ1) is 14.5. The predicted octanol–water partition coefficient (Wildman–Crippen LogP) is 5.31. The van der Waals surface area contributed by atoms with Gasteiger partial charge in [0.2, 0.25) is 5.75 Å². The van der Waals surface area contributed by atoms with E-state index in [2.05, 4.69) is 5.32 Å². The van der Waals surface area contributed by atoms with Crippen molar-refractivity contribution in [1.82, 2.24) is 0 Å². The van der Waals surface area contributed by atoms with Crippen molar-refractivity contribution in [3.8, 4) is 17.2 Å². The summed E-state index contributed by atoms with van der Waals surface area (Å²) in [6, 6.07) is 17.8. The summed E-state index contributed by atoms with van der Waals surface area (Å²) in [5.41, 5.74) is 0.784. The summed E-state index contributed by atoms with van der Waals surface area (Å²) in [5, 5.41) is 25.5. The van der Waals surface area contributed by atoms with Gasteiger partial charge in [-0.3, -0.25) is 20.2 Å². The van der Waals surface area contributed by atoms with Gasteiger partial charge in [0.1, 0.15) is 11.5 Å². The standard InChI is InChI=1S/C21H19N3O6/c1-2-29-18-10-7-16(8-11-18)22-14-15-5-3-4-6-20(15)30-21-12-9-17(23(25)26)13-19(21)24(27)28/h3-13,22H,2,14H2,1H3. The van der Waals surface area contributed by atoms with Gasteiger partial charge < -0.3 is 14.8 Å². The van der Waals surface area contributed by atoms with Gasteiger partial charge in [-0.05, 0) is 43.3 Å². The molecule has 0 unspecified atom stereocenters. The maximum absolute atomic E-state index is 11.3. The molecule has 0 amide bonds. The van der Waals surface area contributed by atoms with E-state index in [1.54, 1.807) is 12.1 Å². The number of nitro groups is 2. The summed E-state index contributed by atoms with van der Waals surface area (Å²) in [5.74, 6) is 1.12. The van der Waals surface area contributed by atoms with Gasteiger partial charge in [-0.1, -0.05) is 18.2 Å². The molecule has 0 saturated carbocycles. The molecule has 0 fully saturated rings. The molecule has 0 aliphatic heterocycles. The van der Waals surface area contributed by atoms with Crippen LogP contribution in [0.15, 0.2) is 66.7 Å². The summed E-state index contributed by atoms with van der Waals surface area (Å²) in [6.45, 7) is 2.91. The number of rotatable bonds is 9. The van der Waals surface area contributed by atoms with Gasteiger partial charge >= 0.3 is 5.69 Å². The summed E-state index contributed by atoms with van der Waals surface area (Å²) in [6.07, 6.45) is 0. The molecule has 0 atom stereocenters. The molecule has 0 saturated heterocycles. The number of hydrogen-bond acceptors (Lipinski definition) is 7. The number of nitro benzene ring substituents is 2. The van der Waals surface area contributed by atoms with E-state index in [0.717, 1.165) is 23.1 Å². The molecule has 0 spiro atoms. The van der Waals surface area contributed by atoms with Crippen LogP contribution in [0.4, 0.5) is 17.1 Å². The average Bonchev–Trinajstić information content (AvgIpc) is 2.74. The fourth-order valence-electron chi connectivity index (χ4n) is 2.75. The van der Waals surface area contributed by atoms with Crippen molar-refractivity contribution in [2.24, 2.45) is 0 Å². The third-order valence-electron chi connectivity index (χ3n) is 4.19. The molecule has 0 aliphatic rings. The number of hydrogen-bond donors (Lipinski definition) is 1. The molecule has 3 rings (SSSR count). The lowest BCUT2D eigenvalue weighted by Gasteiger charge is -2.13. The zero-order valence-electron chi connectivity index (χ0n) is 16.1. The molecule has 154 valence electrons. The van der Waals surface area contributed by atoms with Gasteiger partial charge in [0.05, 0.1) is 22.5 Å². The number of nitrogens with one attached hydrogen (secondary N) is 1. The molecule has 3 aromatic carbocycles. The van der Waals surface area contributed by atoms with Crippen molar-refractivity contribution < 1.29 is 19.3 Å². The molecule has 9 heteroatoms. The van der Waals surface area contributed by atoms with E-state index in [4.69, 9.17) is 9.47 Å². The Balaban J connectivity index is 1.79. The van der Waals surface area contributed by atoms with Gasteiger partial charge in [0, 0.05) is 23.9 Å². The molecule has 1 N–H and O–H groups in total. The van der Waals surface area contributed by atoms with E-state index in [0.29, 0.717) is 18.9 Å². The molecule has 30 heavy (non-hydrogen) atoms. The Morgan fingerprint density at radius 3 is 2.30 bits per heavy atom. The molecule has 0 aliphatic carbocycles. The zero-order chi connectivity index (χ0) is 21.5. The molecule has 9 nitrogen and oxygen atoms in total. The highest BCUT2D eigenvalue weighted by molar-refractivity contribution is 5.55. The van der Waals surface area contributed by atoms with Gasteiger partial charge in [-0.15, -0.1) is 0 Å². The van der Waals surface area contributed by atoms with Crippen molar-refractivity contribution in [3.05, 3.63) is 92.5 Å². The van der Waals surface area contributed by atoms with Crippen LogP contribution >= 0.6 is 0 Å². The predicted molar refractivity (Wildman–Crippen MR) is 111 cm³/mol. The first-order valence-corrected chi connectivity index (χ1v) is 9.13. The highest BCUT2D eigenvalue weighted by Gasteiger charge is 2.21. The van der Waals surface area contributed by atoms with Gasteiger partial charge in [-0.25, -0.2) is 0 Å². The summed E-state index contributed by atoms with van der Waals surface area (Å²) >= 11 is 0. The minimum Gasteiger partial charge on any atom is -0.494 e. The van der Waals surface area contributed by atoms with Crippen LogP contribution in [0.25, 0.3) is 0 Å². The molecular formula is C21H19N3O6. The second kappa shape index (κ2) is 9.37. The number of anilines is 1. The second-order valence-electron chi connectivity index (χ2n) is 6.19. The molecular weight excluding hydrogens is 390 g/mol. The summed E-state index contributed by atoms with van der Waals surface area (Å²) < 4.78 is 11.2. The Kier molecular flexibility index (Phi) is 6.43. The van der Waals surface area contributed by atoms with Crippen LogP contribution in [0.1, 0.15) is 12.5 Å². The molecule has 0 radical (unpaired) electrons. The Bertz CT molecular complexity index is 1050. The molecule has 0 aromatic heterocycles. The van der Waals surface area contributed by atoms with E-state index in [1.807, 2.05) is 43.3 Å². The fourth-order valence-corrected chi connectivity index (χ4v) is 2.75. The van der Waals surface area contributed by atoms with E-state index in [9.17, 15) is 20.2 Å². The van der Waals surface area contributed by atoms with Crippen LogP contribution in [-0.4, -0.2) is 16.5 Å².